The van der Waals surface area contributed by atoms with Gasteiger partial charge in [-0.05, 0) is 25.2 Å². The Bertz CT molecular complexity index is 1220. The maximum absolute atomic E-state index is 12.9. The molecule has 0 unspecified atom stereocenters. The molecule has 0 aliphatic carbocycles. The van der Waals surface area contributed by atoms with Crippen molar-refractivity contribution in [2.45, 2.75) is 6.92 Å². The van der Waals surface area contributed by atoms with E-state index in [1.807, 2.05) is 41.8 Å². The van der Waals surface area contributed by atoms with E-state index >= 15 is 0 Å². The van der Waals surface area contributed by atoms with Crippen LogP contribution in [-0.4, -0.2) is 21.2 Å². The van der Waals surface area contributed by atoms with E-state index in [0.29, 0.717) is 27.2 Å². The summed E-state index contributed by atoms with van der Waals surface area (Å²) in [5.41, 5.74) is 3.07. The van der Waals surface area contributed by atoms with Crippen molar-refractivity contribution in [1.82, 2.24) is 15.5 Å². The van der Waals surface area contributed by atoms with Crippen LogP contribution in [0.5, 0.6) is 0 Å². The van der Waals surface area contributed by atoms with E-state index in [9.17, 15) is 4.79 Å². The highest BCUT2D eigenvalue weighted by Crippen LogP contribution is 2.31. The van der Waals surface area contributed by atoms with Crippen molar-refractivity contribution in [3.63, 3.8) is 0 Å². The first kappa shape index (κ1) is 20.2. The highest BCUT2D eigenvalue weighted by molar-refractivity contribution is 7.80. The number of benzene rings is 2. The van der Waals surface area contributed by atoms with Crippen molar-refractivity contribution in [3.05, 3.63) is 76.3 Å². The molecule has 2 heterocycles. The van der Waals surface area contributed by atoms with Crippen molar-refractivity contribution in [1.29, 1.82) is 0 Å². The summed E-state index contributed by atoms with van der Waals surface area (Å²) in [5, 5.41) is 12.7. The summed E-state index contributed by atoms with van der Waals surface area (Å²) in [7, 11) is 0. The molecule has 2 aromatic heterocycles. The lowest BCUT2D eigenvalue weighted by Crippen LogP contribution is -2.34. The van der Waals surface area contributed by atoms with Crippen LogP contribution in [0.15, 0.2) is 64.5 Å². The van der Waals surface area contributed by atoms with Crippen LogP contribution in [0.1, 0.15) is 16.1 Å². The second kappa shape index (κ2) is 8.74. The Morgan fingerprint density at radius 1 is 1.13 bits per heavy atom. The molecule has 0 aliphatic heterocycles. The predicted octanol–water partition coefficient (Wildman–Crippen LogP) is 5.55. The standard InChI is InChI=1S/C21H15ClN4O2S2/c1-12-17(18(26-28-12)14-9-5-6-10-15(14)22)19(27)24-20(29)25-21-23-16(11-30-21)13-7-3-2-4-8-13/h2-11H,1H3,(H2,23,24,25,27,29). The lowest BCUT2D eigenvalue weighted by molar-refractivity contribution is 0.0977. The quantitative estimate of drug-likeness (QED) is 0.393. The fourth-order valence-electron chi connectivity index (χ4n) is 2.84. The molecule has 30 heavy (non-hydrogen) atoms. The molecule has 0 atom stereocenters. The fraction of sp³-hybridized carbons (Fsp3) is 0.0476. The Kier molecular flexibility index (Phi) is 5.89. The minimum absolute atomic E-state index is 0.125. The van der Waals surface area contributed by atoms with E-state index in [1.165, 1.54) is 11.3 Å². The molecule has 4 rings (SSSR count). The summed E-state index contributed by atoms with van der Waals surface area (Å²) >= 11 is 12.9. The van der Waals surface area contributed by atoms with Gasteiger partial charge in [0.2, 0.25) is 0 Å². The topological polar surface area (TPSA) is 80.0 Å². The zero-order valence-electron chi connectivity index (χ0n) is 15.7. The number of carbonyl (C=O) groups is 1. The number of nitrogens with one attached hydrogen (secondary N) is 2. The highest BCUT2D eigenvalue weighted by atomic mass is 35.5. The number of thiazole rings is 1. The molecule has 0 bridgehead atoms. The van der Waals surface area contributed by atoms with Crippen LogP contribution in [0, 0.1) is 6.92 Å². The molecule has 6 nitrogen and oxygen atoms in total. The van der Waals surface area contributed by atoms with Crippen molar-refractivity contribution in [2.24, 2.45) is 0 Å². The van der Waals surface area contributed by atoms with Crippen LogP contribution in [0.2, 0.25) is 5.02 Å². The Labute approximate surface area is 186 Å². The molecule has 9 heteroatoms. The molecule has 0 aliphatic rings. The number of rotatable bonds is 4. The molecule has 4 aromatic rings. The summed E-state index contributed by atoms with van der Waals surface area (Å²) in [4.78, 5) is 17.4. The summed E-state index contributed by atoms with van der Waals surface area (Å²) in [6.07, 6.45) is 0. The van der Waals surface area contributed by atoms with E-state index in [4.69, 9.17) is 28.3 Å². The number of anilines is 1. The first-order chi connectivity index (χ1) is 14.5. The minimum Gasteiger partial charge on any atom is -0.360 e. The van der Waals surface area contributed by atoms with Crippen LogP contribution in [-0.2, 0) is 0 Å². The third-order valence-electron chi connectivity index (χ3n) is 4.24. The van der Waals surface area contributed by atoms with Gasteiger partial charge in [-0.15, -0.1) is 11.3 Å². The van der Waals surface area contributed by atoms with Gasteiger partial charge in [-0.25, -0.2) is 4.98 Å². The van der Waals surface area contributed by atoms with Crippen LogP contribution in [0.25, 0.3) is 22.5 Å². The van der Waals surface area contributed by atoms with Crippen LogP contribution in [0.4, 0.5) is 5.13 Å². The molecule has 0 fully saturated rings. The van der Waals surface area contributed by atoms with Crippen molar-refractivity contribution in [2.75, 3.05) is 5.32 Å². The van der Waals surface area contributed by atoms with Gasteiger partial charge < -0.3 is 9.84 Å². The van der Waals surface area contributed by atoms with Gasteiger partial charge in [0.25, 0.3) is 5.91 Å². The van der Waals surface area contributed by atoms with Gasteiger partial charge in [0.15, 0.2) is 10.2 Å². The van der Waals surface area contributed by atoms with Crippen LogP contribution >= 0.6 is 35.2 Å². The number of aromatic nitrogens is 2. The molecule has 0 saturated carbocycles. The van der Waals surface area contributed by atoms with Crippen LogP contribution < -0.4 is 10.6 Å². The van der Waals surface area contributed by atoms with E-state index < -0.39 is 5.91 Å². The van der Waals surface area contributed by atoms with Gasteiger partial charge in [0.05, 0.1) is 10.7 Å². The van der Waals surface area contributed by atoms with Gasteiger partial charge in [-0.2, -0.15) is 0 Å². The largest absolute Gasteiger partial charge is 0.360 e. The zero-order valence-corrected chi connectivity index (χ0v) is 18.1. The minimum atomic E-state index is -0.444. The highest BCUT2D eigenvalue weighted by Gasteiger charge is 2.23. The Balaban J connectivity index is 1.49. The number of hydrogen-bond acceptors (Lipinski definition) is 6. The van der Waals surface area contributed by atoms with Crippen molar-refractivity contribution in [3.8, 4) is 22.5 Å². The number of amides is 1. The molecular formula is C21H15ClN4O2S2. The average molecular weight is 455 g/mol. The molecule has 1 amide bonds. The first-order valence-corrected chi connectivity index (χ1v) is 10.5. The maximum Gasteiger partial charge on any atom is 0.263 e. The van der Waals surface area contributed by atoms with E-state index in [2.05, 4.69) is 20.8 Å². The van der Waals surface area contributed by atoms with Crippen molar-refractivity contribution < 1.29 is 9.32 Å². The average Bonchev–Trinajstić information content (AvgIpc) is 3.35. The number of hydrogen-bond donors (Lipinski definition) is 2. The zero-order chi connectivity index (χ0) is 21.1. The smallest absolute Gasteiger partial charge is 0.263 e. The Morgan fingerprint density at radius 2 is 1.87 bits per heavy atom. The number of aryl methyl sites for hydroxylation is 1. The second-order valence-corrected chi connectivity index (χ2v) is 7.93. The monoisotopic (exact) mass is 454 g/mol. The van der Waals surface area contributed by atoms with E-state index in [0.717, 1.165) is 11.3 Å². The van der Waals surface area contributed by atoms with Gasteiger partial charge in [0.1, 0.15) is 17.0 Å². The Morgan fingerprint density at radius 3 is 2.63 bits per heavy atom. The predicted molar refractivity (Wildman–Crippen MR) is 123 cm³/mol. The van der Waals surface area contributed by atoms with E-state index in [1.54, 1.807) is 25.1 Å². The molecule has 2 N–H and O–H groups in total. The first-order valence-electron chi connectivity index (χ1n) is 8.87. The number of nitrogens with zero attached hydrogens (tertiary/aromatic N) is 2. The van der Waals surface area contributed by atoms with Gasteiger partial charge in [-0.1, -0.05) is 65.3 Å². The molecule has 2 aromatic carbocycles. The normalized spacial score (nSPS) is 10.6. The van der Waals surface area contributed by atoms with Gasteiger partial charge in [0, 0.05) is 16.5 Å². The van der Waals surface area contributed by atoms with Gasteiger partial charge >= 0.3 is 0 Å². The summed E-state index contributed by atoms with van der Waals surface area (Å²) in [6, 6.07) is 16.9. The van der Waals surface area contributed by atoms with E-state index in [-0.39, 0.29) is 10.7 Å². The summed E-state index contributed by atoms with van der Waals surface area (Å²) in [5.74, 6) is -0.0770. The molecular weight excluding hydrogens is 440 g/mol. The van der Waals surface area contributed by atoms with Crippen molar-refractivity contribution >= 4 is 51.3 Å². The molecule has 0 radical (unpaired) electrons. The third-order valence-corrected chi connectivity index (χ3v) is 5.53. The number of carbonyl (C=O) groups excluding carboxylic acids is 1. The lowest BCUT2D eigenvalue weighted by Gasteiger charge is -2.08. The number of halogens is 1. The summed E-state index contributed by atoms with van der Waals surface area (Å²) < 4.78 is 5.23. The maximum atomic E-state index is 12.9. The lowest BCUT2D eigenvalue weighted by atomic mass is 10.1. The molecule has 0 saturated heterocycles. The Hall–Kier alpha value is -3.07. The number of thiocarbonyl (C=S) groups is 1. The molecule has 150 valence electrons. The third kappa shape index (κ3) is 4.25. The fourth-order valence-corrected chi connectivity index (χ4v) is 4.05. The SMILES string of the molecule is Cc1onc(-c2ccccc2Cl)c1C(=O)NC(=S)Nc1nc(-c2ccccc2)cs1. The molecule has 0 spiro atoms. The van der Waals surface area contributed by atoms with Crippen LogP contribution in [0.3, 0.4) is 0 Å². The van der Waals surface area contributed by atoms with Gasteiger partial charge in [-0.3, -0.25) is 10.1 Å². The second-order valence-electron chi connectivity index (χ2n) is 6.25. The summed E-state index contributed by atoms with van der Waals surface area (Å²) in [6.45, 7) is 1.66.